The lowest BCUT2D eigenvalue weighted by molar-refractivity contribution is -0.135. The van der Waals surface area contributed by atoms with Crippen molar-refractivity contribution in [2.75, 3.05) is 20.8 Å². The molecule has 1 aliphatic rings. The van der Waals surface area contributed by atoms with E-state index in [1.54, 1.807) is 38.3 Å². The Hall–Kier alpha value is -3.07. The molecule has 8 nitrogen and oxygen atoms in total. The molecule has 1 heterocycles. The van der Waals surface area contributed by atoms with E-state index in [0.717, 1.165) is 30.6 Å². The summed E-state index contributed by atoms with van der Waals surface area (Å²) in [6.45, 7) is 6.11. The van der Waals surface area contributed by atoms with Crippen molar-refractivity contribution in [3.63, 3.8) is 0 Å². The van der Waals surface area contributed by atoms with Gasteiger partial charge < -0.3 is 19.5 Å². The third-order valence-electron chi connectivity index (χ3n) is 6.55. The molecular formula is C26H34N2O6S. The Labute approximate surface area is 209 Å². The van der Waals surface area contributed by atoms with Crippen LogP contribution in [0.15, 0.2) is 23.0 Å². The lowest BCUT2D eigenvalue weighted by Crippen LogP contribution is -2.46. The molecule has 3 atom stereocenters. The van der Waals surface area contributed by atoms with Crippen molar-refractivity contribution in [1.29, 1.82) is 0 Å². The van der Waals surface area contributed by atoms with E-state index in [4.69, 9.17) is 14.2 Å². The van der Waals surface area contributed by atoms with Crippen molar-refractivity contribution in [2.45, 2.75) is 52.6 Å². The molecule has 0 saturated heterocycles. The molecule has 0 bridgehead atoms. The lowest BCUT2D eigenvalue weighted by Gasteiger charge is -2.34. The van der Waals surface area contributed by atoms with Crippen molar-refractivity contribution in [1.82, 2.24) is 9.88 Å². The Bertz CT molecular complexity index is 1230. The fourth-order valence-electron chi connectivity index (χ4n) is 4.34. The predicted octanol–water partition coefficient (Wildman–Crippen LogP) is 2.04. The number of ether oxygens (including phenoxy) is 3. The summed E-state index contributed by atoms with van der Waals surface area (Å²) >= 11 is 1.13. The summed E-state index contributed by atoms with van der Waals surface area (Å²) in [6.07, 6.45) is 6.10. The van der Waals surface area contributed by atoms with E-state index in [0.29, 0.717) is 38.1 Å². The van der Waals surface area contributed by atoms with Gasteiger partial charge in [0.1, 0.15) is 22.7 Å². The molecule has 1 aliphatic carbocycles. The summed E-state index contributed by atoms with van der Waals surface area (Å²) in [5.74, 6) is 1.25. The smallest absolute Gasteiger partial charge is 0.333 e. The second kappa shape index (κ2) is 12.1. The summed E-state index contributed by atoms with van der Waals surface area (Å²) < 4.78 is 17.8. The van der Waals surface area contributed by atoms with Crippen molar-refractivity contribution in [3.05, 3.63) is 43.3 Å². The second-order valence-corrected chi connectivity index (χ2v) is 9.85. The molecule has 2 aromatic rings. The number of thiazole rings is 1. The number of hydrogen-bond donors (Lipinski definition) is 1. The SMILES string of the molecule is CCOC(=O)/C=c1\s/c(=C/c2ccc(OC)cc2OC)c(=O)n1CC(=O)N[C@@H]1CCC[C@@H](C)[C@H]1C. The van der Waals surface area contributed by atoms with E-state index in [-0.39, 0.29) is 30.7 Å². The molecule has 0 spiro atoms. The minimum absolute atomic E-state index is 0.0765. The maximum absolute atomic E-state index is 13.3. The van der Waals surface area contributed by atoms with Crippen LogP contribution in [-0.4, -0.2) is 43.3 Å². The van der Waals surface area contributed by atoms with Crippen LogP contribution in [0.25, 0.3) is 12.2 Å². The van der Waals surface area contributed by atoms with Gasteiger partial charge in [-0.2, -0.15) is 0 Å². The van der Waals surface area contributed by atoms with Gasteiger partial charge in [0.25, 0.3) is 5.56 Å². The molecule has 1 saturated carbocycles. The lowest BCUT2D eigenvalue weighted by atomic mass is 9.78. The molecule has 0 aliphatic heterocycles. The zero-order valence-corrected chi connectivity index (χ0v) is 21.8. The molecular weight excluding hydrogens is 468 g/mol. The monoisotopic (exact) mass is 502 g/mol. The van der Waals surface area contributed by atoms with Gasteiger partial charge in [-0.25, -0.2) is 4.79 Å². The van der Waals surface area contributed by atoms with Gasteiger partial charge in [-0.05, 0) is 43.4 Å². The number of rotatable bonds is 8. The quantitative estimate of drug-likeness (QED) is 0.555. The number of carbonyl (C=O) groups excluding carboxylic acids is 2. The van der Waals surface area contributed by atoms with E-state index in [2.05, 4.69) is 19.2 Å². The molecule has 3 rings (SSSR count). The highest BCUT2D eigenvalue weighted by Crippen LogP contribution is 2.29. The van der Waals surface area contributed by atoms with Crippen LogP contribution in [0.3, 0.4) is 0 Å². The number of amides is 1. The molecule has 1 N–H and O–H groups in total. The molecule has 35 heavy (non-hydrogen) atoms. The average Bonchev–Trinajstić information content (AvgIpc) is 3.11. The molecule has 1 aromatic carbocycles. The number of benzene rings is 1. The van der Waals surface area contributed by atoms with Gasteiger partial charge in [0.15, 0.2) is 0 Å². The van der Waals surface area contributed by atoms with Crippen LogP contribution >= 0.6 is 11.3 Å². The summed E-state index contributed by atoms with van der Waals surface area (Å²) in [6, 6.07) is 5.36. The number of hydrogen-bond acceptors (Lipinski definition) is 7. The first-order valence-corrected chi connectivity index (χ1v) is 12.7. The van der Waals surface area contributed by atoms with Crippen molar-refractivity contribution >= 4 is 35.4 Å². The van der Waals surface area contributed by atoms with E-state index in [1.807, 2.05) is 0 Å². The number of esters is 1. The van der Waals surface area contributed by atoms with Gasteiger partial charge in [0.05, 0.1) is 31.4 Å². The highest BCUT2D eigenvalue weighted by Gasteiger charge is 2.28. The van der Waals surface area contributed by atoms with Crippen LogP contribution in [-0.2, 0) is 20.9 Å². The summed E-state index contributed by atoms with van der Waals surface area (Å²) in [5.41, 5.74) is 0.319. The van der Waals surface area contributed by atoms with E-state index in [1.165, 1.54) is 17.8 Å². The molecule has 0 unspecified atom stereocenters. The second-order valence-electron chi connectivity index (χ2n) is 8.79. The van der Waals surface area contributed by atoms with E-state index < -0.39 is 5.97 Å². The van der Waals surface area contributed by atoms with Crippen LogP contribution in [0.1, 0.15) is 45.6 Å². The number of nitrogens with one attached hydrogen (secondary N) is 1. The molecule has 9 heteroatoms. The Morgan fingerprint density at radius 2 is 1.97 bits per heavy atom. The van der Waals surface area contributed by atoms with Crippen LogP contribution in [0.5, 0.6) is 11.5 Å². The zero-order valence-electron chi connectivity index (χ0n) is 21.0. The van der Waals surface area contributed by atoms with Crippen molar-refractivity contribution < 1.29 is 23.8 Å². The predicted molar refractivity (Wildman–Crippen MR) is 136 cm³/mol. The highest BCUT2D eigenvalue weighted by molar-refractivity contribution is 7.07. The van der Waals surface area contributed by atoms with E-state index >= 15 is 0 Å². The molecule has 190 valence electrons. The topological polar surface area (TPSA) is 95.9 Å². The van der Waals surface area contributed by atoms with Crippen LogP contribution in [0.2, 0.25) is 0 Å². The van der Waals surface area contributed by atoms with Gasteiger partial charge in [0, 0.05) is 17.7 Å². The summed E-state index contributed by atoms with van der Waals surface area (Å²) in [4.78, 5) is 38.4. The standard InChI is InChI=1S/C26H34N2O6S/c1-6-34-25(30)14-24-28(15-23(29)27-20-9-7-8-16(2)17(20)3)26(31)22(35-24)12-18-10-11-19(32-4)13-21(18)33-5/h10-14,16-17,20H,6-9,15H2,1-5H3,(H,27,29)/b22-12+,24-14-/t16-,17-,20-/m1/s1. The first kappa shape index (κ1) is 26.5. The maximum Gasteiger partial charge on any atom is 0.333 e. The van der Waals surface area contributed by atoms with Gasteiger partial charge in [-0.3, -0.25) is 14.2 Å². The third-order valence-corrected chi connectivity index (χ3v) is 7.61. The van der Waals surface area contributed by atoms with Crippen molar-refractivity contribution in [2.24, 2.45) is 11.8 Å². The fourth-order valence-corrected chi connectivity index (χ4v) is 5.36. The first-order chi connectivity index (χ1) is 16.8. The van der Waals surface area contributed by atoms with Crippen LogP contribution < -0.4 is 29.5 Å². The largest absolute Gasteiger partial charge is 0.497 e. The van der Waals surface area contributed by atoms with Gasteiger partial charge in [-0.15, -0.1) is 11.3 Å². The molecule has 0 radical (unpaired) electrons. The van der Waals surface area contributed by atoms with E-state index in [9.17, 15) is 14.4 Å². The molecule has 1 amide bonds. The fraction of sp³-hybridized carbons (Fsp3) is 0.500. The Balaban J connectivity index is 1.99. The Kier molecular flexibility index (Phi) is 9.14. The number of carbonyl (C=O) groups is 2. The number of aromatic nitrogens is 1. The Morgan fingerprint density at radius 3 is 2.66 bits per heavy atom. The average molecular weight is 503 g/mol. The normalized spacial score (nSPS) is 21.0. The molecule has 1 fully saturated rings. The number of methoxy groups -OCH3 is 2. The Morgan fingerprint density at radius 1 is 1.20 bits per heavy atom. The van der Waals surface area contributed by atoms with Gasteiger partial charge >= 0.3 is 5.97 Å². The van der Waals surface area contributed by atoms with Crippen LogP contribution in [0.4, 0.5) is 0 Å². The highest BCUT2D eigenvalue weighted by atomic mass is 32.1. The summed E-state index contributed by atoms with van der Waals surface area (Å²) in [5, 5.41) is 3.10. The number of nitrogens with zero attached hydrogens (tertiary/aromatic N) is 1. The minimum Gasteiger partial charge on any atom is -0.497 e. The van der Waals surface area contributed by atoms with Gasteiger partial charge in [-0.1, -0.05) is 26.7 Å². The third kappa shape index (κ3) is 6.54. The van der Waals surface area contributed by atoms with Crippen LogP contribution in [0, 0.1) is 11.8 Å². The minimum atomic E-state index is -0.564. The summed E-state index contributed by atoms with van der Waals surface area (Å²) in [7, 11) is 3.10. The molecule has 1 aromatic heterocycles. The maximum atomic E-state index is 13.3. The van der Waals surface area contributed by atoms with Gasteiger partial charge in [0.2, 0.25) is 5.91 Å². The van der Waals surface area contributed by atoms with Crippen molar-refractivity contribution in [3.8, 4) is 11.5 Å². The first-order valence-electron chi connectivity index (χ1n) is 11.9. The zero-order chi connectivity index (χ0) is 25.5.